The zero-order valence-electron chi connectivity index (χ0n) is 11.5. The summed E-state index contributed by atoms with van der Waals surface area (Å²) in [5.41, 5.74) is 1.43. The standard InChI is InChI=1S/C15H22FN2/c1-15(2,3)11-18-9-8-17-14(10-18)12-4-6-13(16)7-5-12/h4-7,14H,8-11H2,1-3H3. The predicted octanol–water partition coefficient (Wildman–Crippen LogP) is 2.83. The number of piperazine rings is 1. The van der Waals surface area contributed by atoms with Crippen molar-refractivity contribution < 1.29 is 4.39 Å². The quantitative estimate of drug-likeness (QED) is 0.788. The molecule has 1 atom stereocenters. The largest absolute Gasteiger partial charge is 0.300 e. The minimum Gasteiger partial charge on any atom is -0.300 e. The number of hydrogen-bond donors (Lipinski definition) is 0. The van der Waals surface area contributed by atoms with Crippen molar-refractivity contribution >= 4 is 0 Å². The molecular weight excluding hydrogens is 227 g/mol. The lowest BCUT2D eigenvalue weighted by molar-refractivity contribution is 0.144. The lowest BCUT2D eigenvalue weighted by atomic mass is 9.94. The van der Waals surface area contributed by atoms with Crippen LogP contribution in [0.15, 0.2) is 24.3 Å². The van der Waals surface area contributed by atoms with Crippen LogP contribution >= 0.6 is 0 Å². The van der Waals surface area contributed by atoms with Crippen LogP contribution in [0.25, 0.3) is 0 Å². The third-order valence-electron chi connectivity index (χ3n) is 3.15. The fourth-order valence-electron chi connectivity index (χ4n) is 2.46. The van der Waals surface area contributed by atoms with Gasteiger partial charge in [-0.1, -0.05) is 32.9 Å². The maximum absolute atomic E-state index is 12.9. The molecule has 1 fully saturated rings. The van der Waals surface area contributed by atoms with Crippen LogP contribution in [0, 0.1) is 11.2 Å². The molecule has 1 unspecified atom stereocenters. The second-order valence-electron chi connectivity index (χ2n) is 6.27. The average molecular weight is 249 g/mol. The van der Waals surface area contributed by atoms with Crippen molar-refractivity contribution in [3.8, 4) is 0 Å². The van der Waals surface area contributed by atoms with E-state index in [0.29, 0.717) is 5.41 Å². The van der Waals surface area contributed by atoms with E-state index in [9.17, 15) is 4.39 Å². The number of hydrogen-bond acceptors (Lipinski definition) is 1. The number of rotatable bonds is 2. The predicted molar refractivity (Wildman–Crippen MR) is 72.0 cm³/mol. The first-order valence-electron chi connectivity index (χ1n) is 6.58. The summed E-state index contributed by atoms with van der Waals surface area (Å²) < 4.78 is 12.9. The van der Waals surface area contributed by atoms with Crippen LogP contribution in [0.5, 0.6) is 0 Å². The molecule has 0 bridgehead atoms. The van der Waals surface area contributed by atoms with Gasteiger partial charge in [0.15, 0.2) is 0 Å². The second kappa shape index (κ2) is 5.37. The van der Waals surface area contributed by atoms with Crippen LogP contribution in [-0.4, -0.2) is 31.1 Å². The van der Waals surface area contributed by atoms with Crippen molar-refractivity contribution in [1.82, 2.24) is 10.2 Å². The molecule has 3 heteroatoms. The highest BCUT2D eigenvalue weighted by Gasteiger charge is 2.24. The number of nitrogens with zero attached hydrogens (tertiary/aromatic N) is 2. The fourth-order valence-corrected chi connectivity index (χ4v) is 2.46. The molecular formula is C15H22FN2. The van der Waals surface area contributed by atoms with Crippen molar-refractivity contribution in [3.63, 3.8) is 0 Å². The zero-order chi connectivity index (χ0) is 13.2. The van der Waals surface area contributed by atoms with E-state index in [0.717, 1.165) is 31.7 Å². The van der Waals surface area contributed by atoms with Gasteiger partial charge < -0.3 is 0 Å². The van der Waals surface area contributed by atoms with Crippen molar-refractivity contribution in [3.05, 3.63) is 35.6 Å². The Morgan fingerprint density at radius 1 is 1.28 bits per heavy atom. The van der Waals surface area contributed by atoms with Crippen molar-refractivity contribution in [2.75, 3.05) is 26.2 Å². The van der Waals surface area contributed by atoms with Gasteiger partial charge in [0, 0.05) is 26.2 Å². The van der Waals surface area contributed by atoms with Gasteiger partial charge in [0.1, 0.15) is 5.82 Å². The smallest absolute Gasteiger partial charge is 0.123 e. The third kappa shape index (κ3) is 3.79. The van der Waals surface area contributed by atoms with Crippen LogP contribution in [-0.2, 0) is 0 Å². The van der Waals surface area contributed by atoms with Gasteiger partial charge in [0.05, 0.1) is 6.04 Å². The van der Waals surface area contributed by atoms with Gasteiger partial charge in [0.25, 0.3) is 0 Å². The summed E-state index contributed by atoms with van der Waals surface area (Å²) in [6, 6.07) is 6.94. The lowest BCUT2D eigenvalue weighted by Crippen LogP contribution is -2.45. The Hall–Kier alpha value is -0.930. The van der Waals surface area contributed by atoms with Crippen LogP contribution < -0.4 is 5.32 Å². The van der Waals surface area contributed by atoms with Gasteiger partial charge in [0.2, 0.25) is 0 Å². The van der Waals surface area contributed by atoms with Gasteiger partial charge >= 0.3 is 0 Å². The van der Waals surface area contributed by atoms with Gasteiger partial charge in [-0.05, 0) is 23.1 Å². The molecule has 2 nitrogen and oxygen atoms in total. The van der Waals surface area contributed by atoms with Crippen LogP contribution in [0.4, 0.5) is 4.39 Å². The molecule has 99 valence electrons. The SMILES string of the molecule is CC(C)(C)CN1CC[N]C(c2ccc(F)cc2)C1. The zero-order valence-corrected chi connectivity index (χ0v) is 11.5. The van der Waals surface area contributed by atoms with Gasteiger partial charge in [-0.15, -0.1) is 0 Å². The van der Waals surface area contributed by atoms with E-state index in [2.05, 4.69) is 31.0 Å². The maximum Gasteiger partial charge on any atom is 0.123 e. The molecule has 0 amide bonds. The van der Waals surface area contributed by atoms with E-state index in [-0.39, 0.29) is 11.9 Å². The molecule has 2 rings (SSSR count). The van der Waals surface area contributed by atoms with Crippen molar-refractivity contribution in [1.29, 1.82) is 0 Å². The Balaban J connectivity index is 2.00. The van der Waals surface area contributed by atoms with Crippen LogP contribution in [0.1, 0.15) is 32.4 Å². The molecule has 1 aliphatic heterocycles. The number of halogens is 1. The highest BCUT2D eigenvalue weighted by atomic mass is 19.1. The first-order chi connectivity index (χ1) is 8.44. The molecule has 18 heavy (non-hydrogen) atoms. The van der Waals surface area contributed by atoms with Crippen molar-refractivity contribution in [2.45, 2.75) is 26.8 Å². The minimum absolute atomic E-state index is 0.180. The summed E-state index contributed by atoms with van der Waals surface area (Å²) in [4.78, 5) is 2.46. The van der Waals surface area contributed by atoms with Crippen LogP contribution in [0.3, 0.4) is 0 Å². The van der Waals surface area contributed by atoms with Crippen LogP contribution in [0.2, 0.25) is 0 Å². The molecule has 0 spiro atoms. The Kier molecular flexibility index (Phi) is 4.03. The molecule has 1 saturated heterocycles. The molecule has 1 aromatic carbocycles. The molecule has 0 aromatic heterocycles. The van der Waals surface area contributed by atoms with Gasteiger partial charge in [-0.3, -0.25) is 4.90 Å². The summed E-state index contributed by atoms with van der Waals surface area (Å²) in [6.07, 6.45) is 0. The Morgan fingerprint density at radius 2 is 1.94 bits per heavy atom. The monoisotopic (exact) mass is 249 g/mol. The molecule has 1 heterocycles. The van der Waals surface area contributed by atoms with E-state index in [1.165, 1.54) is 12.1 Å². The Bertz CT molecular complexity index is 380. The lowest BCUT2D eigenvalue weighted by Gasteiger charge is -2.36. The van der Waals surface area contributed by atoms with Crippen molar-refractivity contribution in [2.24, 2.45) is 5.41 Å². The summed E-state index contributed by atoms with van der Waals surface area (Å²) in [7, 11) is 0. The normalized spacial score (nSPS) is 22.1. The van der Waals surface area contributed by atoms with E-state index < -0.39 is 0 Å². The van der Waals surface area contributed by atoms with E-state index in [1.807, 2.05) is 12.1 Å². The maximum atomic E-state index is 12.9. The van der Waals surface area contributed by atoms with E-state index in [1.54, 1.807) is 0 Å². The average Bonchev–Trinajstić information content (AvgIpc) is 2.28. The molecule has 0 saturated carbocycles. The molecule has 0 N–H and O–H groups in total. The highest BCUT2D eigenvalue weighted by molar-refractivity contribution is 5.20. The Morgan fingerprint density at radius 3 is 2.56 bits per heavy atom. The summed E-state index contributed by atoms with van der Waals surface area (Å²) in [6.45, 7) is 10.7. The van der Waals surface area contributed by atoms with E-state index in [4.69, 9.17) is 0 Å². The highest BCUT2D eigenvalue weighted by Crippen LogP contribution is 2.22. The fraction of sp³-hybridized carbons (Fsp3) is 0.600. The van der Waals surface area contributed by atoms with E-state index >= 15 is 0 Å². The molecule has 0 aliphatic carbocycles. The van der Waals surface area contributed by atoms with Gasteiger partial charge in [-0.25, -0.2) is 9.71 Å². The Labute approximate surface area is 109 Å². The minimum atomic E-state index is -0.180. The molecule has 1 aliphatic rings. The summed E-state index contributed by atoms with van der Waals surface area (Å²) in [5, 5.41) is 4.65. The number of benzene rings is 1. The summed E-state index contributed by atoms with van der Waals surface area (Å²) >= 11 is 0. The third-order valence-corrected chi connectivity index (χ3v) is 3.15. The molecule has 1 aromatic rings. The topological polar surface area (TPSA) is 17.3 Å². The summed E-state index contributed by atoms with van der Waals surface area (Å²) in [5.74, 6) is -0.180. The van der Waals surface area contributed by atoms with Gasteiger partial charge in [-0.2, -0.15) is 0 Å². The first-order valence-corrected chi connectivity index (χ1v) is 6.58. The first kappa shape index (κ1) is 13.5. The molecule has 1 radical (unpaired) electrons. The second-order valence-corrected chi connectivity index (χ2v) is 6.27.